The normalized spacial score (nSPS) is 18.6. The van der Waals surface area contributed by atoms with Crippen molar-refractivity contribution in [3.8, 4) is 5.75 Å². The predicted molar refractivity (Wildman–Crippen MR) is 142 cm³/mol. The van der Waals surface area contributed by atoms with Crippen LogP contribution in [0.3, 0.4) is 0 Å². The SMILES string of the molecule is O=C(CCC(F)(F)F)N[C@@H](c1cnn2cc([C@@H](NC(=O)c3cccc(OC(F)F)c3)C3CCC(F)(F)CC3)nc2c1)C1CC1. The van der Waals surface area contributed by atoms with Crippen molar-refractivity contribution < 1.29 is 45.1 Å². The quantitative estimate of drug-likeness (QED) is 0.235. The Morgan fingerprint density at radius 1 is 1.02 bits per heavy atom. The van der Waals surface area contributed by atoms with Gasteiger partial charge in [0.25, 0.3) is 5.91 Å². The van der Waals surface area contributed by atoms with Gasteiger partial charge in [-0.15, -0.1) is 0 Å². The summed E-state index contributed by atoms with van der Waals surface area (Å²) in [5.74, 6) is -4.82. The summed E-state index contributed by atoms with van der Waals surface area (Å²) in [5, 5.41) is 9.86. The van der Waals surface area contributed by atoms with E-state index in [4.69, 9.17) is 0 Å². The van der Waals surface area contributed by atoms with Crippen LogP contribution in [0.15, 0.2) is 42.7 Å². The lowest BCUT2D eigenvalue weighted by Gasteiger charge is -2.33. The van der Waals surface area contributed by atoms with Crippen molar-refractivity contribution in [3.63, 3.8) is 0 Å². The van der Waals surface area contributed by atoms with E-state index >= 15 is 0 Å². The van der Waals surface area contributed by atoms with Crippen molar-refractivity contribution in [1.82, 2.24) is 25.2 Å². The average Bonchev–Trinajstić information content (AvgIpc) is 3.71. The number of fused-ring (bicyclic) bond motifs is 1. The maximum Gasteiger partial charge on any atom is 0.389 e. The first-order valence-corrected chi connectivity index (χ1v) is 14.2. The number of carbonyl (C=O) groups is 2. The van der Waals surface area contributed by atoms with Crippen LogP contribution in [0.25, 0.3) is 5.65 Å². The highest BCUT2D eigenvalue weighted by Crippen LogP contribution is 2.43. The van der Waals surface area contributed by atoms with E-state index in [2.05, 4.69) is 25.5 Å². The third-order valence-corrected chi connectivity index (χ3v) is 7.92. The largest absolute Gasteiger partial charge is 0.435 e. The number of carbonyl (C=O) groups excluding carboxylic acids is 2. The summed E-state index contributed by atoms with van der Waals surface area (Å²) in [6.45, 7) is -3.09. The van der Waals surface area contributed by atoms with E-state index in [1.807, 2.05) is 0 Å². The molecule has 0 aliphatic heterocycles. The van der Waals surface area contributed by atoms with E-state index in [0.717, 1.165) is 18.9 Å². The van der Waals surface area contributed by atoms with Crippen molar-refractivity contribution in [2.24, 2.45) is 11.8 Å². The fourth-order valence-electron chi connectivity index (χ4n) is 5.50. The topological polar surface area (TPSA) is 97.6 Å². The number of alkyl halides is 7. The molecule has 2 N–H and O–H groups in total. The van der Waals surface area contributed by atoms with E-state index in [0.29, 0.717) is 16.9 Å². The summed E-state index contributed by atoms with van der Waals surface area (Å²) >= 11 is 0. The minimum Gasteiger partial charge on any atom is -0.435 e. The number of halogens is 7. The van der Waals surface area contributed by atoms with Crippen molar-refractivity contribution in [1.29, 1.82) is 0 Å². The Balaban J connectivity index is 1.39. The zero-order valence-corrected chi connectivity index (χ0v) is 23.3. The highest BCUT2D eigenvalue weighted by Gasteiger charge is 2.40. The second-order valence-electron chi connectivity index (χ2n) is 11.3. The zero-order chi connectivity index (χ0) is 31.6. The minimum atomic E-state index is -4.46. The fraction of sp³-hybridized carbons (Fsp3) is 0.517. The molecule has 2 saturated carbocycles. The smallest absolute Gasteiger partial charge is 0.389 e. The molecule has 2 aromatic heterocycles. The van der Waals surface area contributed by atoms with Crippen LogP contribution in [0, 0.1) is 11.8 Å². The molecule has 2 aliphatic rings. The summed E-state index contributed by atoms with van der Waals surface area (Å²) < 4.78 is 97.0. The number of nitrogens with one attached hydrogen (secondary N) is 2. The molecule has 1 aromatic carbocycles. The van der Waals surface area contributed by atoms with Crippen molar-refractivity contribution in [2.75, 3.05) is 0 Å². The second kappa shape index (κ2) is 12.6. The lowest BCUT2D eigenvalue weighted by molar-refractivity contribution is -0.144. The van der Waals surface area contributed by atoms with Crippen LogP contribution in [0.4, 0.5) is 30.7 Å². The van der Waals surface area contributed by atoms with Crippen LogP contribution in [-0.2, 0) is 4.79 Å². The van der Waals surface area contributed by atoms with E-state index in [9.17, 15) is 40.3 Å². The van der Waals surface area contributed by atoms with Gasteiger partial charge in [-0.25, -0.2) is 18.3 Å². The molecule has 2 heterocycles. The van der Waals surface area contributed by atoms with Crippen LogP contribution in [0.1, 0.15) is 85.1 Å². The molecule has 0 unspecified atom stereocenters. The molecule has 238 valence electrons. The molecular weight excluding hydrogens is 599 g/mol. The molecule has 5 rings (SSSR count). The molecule has 0 bridgehead atoms. The number of hydrogen-bond acceptors (Lipinski definition) is 5. The van der Waals surface area contributed by atoms with E-state index < -0.39 is 61.4 Å². The van der Waals surface area contributed by atoms with Gasteiger partial charge in [-0.2, -0.15) is 27.1 Å². The number of nitrogens with zero attached hydrogens (tertiary/aromatic N) is 3. The van der Waals surface area contributed by atoms with Gasteiger partial charge in [0.05, 0.1) is 36.6 Å². The van der Waals surface area contributed by atoms with Crippen molar-refractivity contribution in [2.45, 2.75) is 82.2 Å². The van der Waals surface area contributed by atoms with Gasteiger partial charge in [0, 0.05) is 24.8 Å². The summed E-state index contributed by atoms with van der Waals surface area (Å²) in [7, 11) is 0. The number of benzene rings is 1. The molecule has 0 radical (unpaired) electrons. The van der Waals surface area contributed by atoms with Gasteiger partial charge in [0.15, 0.2) is 5.65 Å². The van der Waals surface area contributed by atoms with E-state index in [1.54, 1.807) is 12.3 Å². The molecule has 8 nitrogen and oxygen atoms in total. The molecule has 2 aliphatic carbocycles. The summed E-state index contributed by atoms with van der Waals surface area (Å²) in [5.41, 5.74) is 1.22. The molecule has 3 aromatic rings. The first-order chi connectivity index (χ1) is 20.8. The van der Waals surface area contributed by atoms with Crippen LogP contribution in [-0.4, -0.2) is 45.1 Å². The minimum absolute atomic E-state index is 0.0204. The highest BCUT2D eigenvalue weighted by atomic mass is 19.4. The molecule has 0 saturated heterocycles. The Morgan fingerprint density at radius 3 is 2.39 bits per heavy atom. The average molecular weight is 630 g/mol. The van der Waals surface area contributed by atoms with Gasteiger partial charge < -0.3 is 15.4 Å². The van der Waals surface area contributed by atoms with Gasteiger partial charge in [-0.1, -0.05) is 6.07 Å². The molecule has 44 heavy (non-hydrogen) atoms. The Kier molecular flexibility index (Phi) is 9.02. The number of hydrogen-bond donors (Lipinski definition) is 2. The lowest BCUT2D eigenvalue weighted by atomic mass is 9.81. The molecule has 2 fully saturated rings. The first kappa shape index (κ1) is 31.5. The van der Waals surface area contributed by atoms with Crippen LogP contribution < -0.4 is 15.4 Å². The van der Waals surface area contributed by atoms with E-state index in [-0.39, 0.29) is 42.9 Å². The van der Waals surface area contributed by atoms with Gasteiger partial charge in [-0.3, -0.25) is 9.59 Å². The van der Waals surface area contributed by atoms with Crippen molar-refractivity contribution in [3.05, 3.63) is 59.5 Å². The standard InChI is InChI=1S/C29H30F7N5O3/c30-27(31)44-20-3-1-2-18(12-20)26(43)40-25(17-6-9-28(32,33)10-7-17)21-15-41-22(38-21)13-19(14-37-41)24(16-4-5-16)39-23(42)8-11-29(34,35)36/h1-3,12-17,24-25,27H,4-11H2,(H,39,42)(H,40,43)/t24-,25+/m1/s1. The fourth-order valence-corrected chi connectivity index (χ4v) is 5.50. The number of ether oxygens (including phenoxy) is 1. The zero-order valence-electron chi connectivity index (χ0n) is 23.3. The third kappa shape index (κ3) is 8.17. The molecule has 0 spiro atoms. The number of rotatable bonds is 11. The maximum atomic E-state index is 14.0. The van der Waals surface area contributed by atoms with Gasteiger partial charge >= 0.3 is 12.8 Å². The molecule has 15 heteroatoms. The predicted octanol–water partition coefficient (Wildman–Crippen LogP) is 6.54. The summed E-state index contributed by atoms with van der Waals surface area (Å²) in [6.07, 6.45) is -2.39. The highest BCUT2D eigenvalue weighted by molar-refractivity contribution is 5.94. The summed E-state index contributed by atoms with van der Waals surface area (Å²) in [4.78, 5) is 30.1. The first-order valence-electron chi connectivity index (χ1n) is 14.2. The molecule has 2 amide bonds. The number of imidazole rings is 1. The van der Waals surface area contributed by atoms with E-state index in [1.165, 1.54) is 28.9 Å². The number of amides is 2. The van der Waals surface area contributed by atoms with Crippen molar-refractivity contribution >= 4 is 17.5 Å². The second-order valence-corrected chi connectivity index (χ2v) is 11.3. The number of aromatic nitrogens is 3. The van der Waals surface area contributed by atoms with Crippen LogP contribution in [0.2, 0.25) is 0 Å². The van der Waals surface area contributed by atoms with Gasteiger partial charge in [0.1, 0.15) is 5.75 Å². The molecular formula is C29H30F7N5O3. The Morgan fingerprint density at radius 2 is 1.73 bits per heavy atom. The van der Waals surface area contributed by atoms with Crippen LogP contribution in [0.5, 0.6) is 5.75 Å². The lowest BCUT2D eigenvalue weighted by Crippen LogP contribution is -2.37. The Labute approximate surface area is 247 Å². The monoisotopic (exact) mass is 629 g/mol. The Hall–Kier alpha value is -3.91. The van der Waals surface area contributed by atoms with Gasteiger partial charge in [-0.05, 0) is 67.3 Å². The molecule has 2 atom stereocenters. The summed E-state index contributed by atoms with van der Waals surface area (Å²) in [6, 6.07) is 5.43. The Bertz CT molecular complexity index is 1480. The third-order valence-electron chi connectivity index (χ3n) is 7.92. The maximum absolute atomic E-state index is 14.0. The van der Waals surface area contributed by atoms with Crippen LogP contribution >= 0.6 is 0 Å². The van der Waals surface area contributed by atoms with Gasteiger partial charge in [0.2, 0.25) is 11.8 Å².